The summed E-state index contributed by atoms with van der Waals surface area (Å²) in [6.45, 7) is 3.86. The molecule has 29 heavy (non-hydrogen) atoms. The second kappa shape index (κ2) is 7.63. The molecule has 0 aliphatic rings. The number of nitrogens with one attached hydrogen (secondary N) is 2. The minimum Gasteiger partial charge on any atom is -0.361 e. The van der Waals surface area contributed by atoms with E-state index in [0.717, 1.165) is 16.8 Å². The maximum Gasteiger partial charge on any atom is 0.258 e. The summed E-state index contributed by atoms with van der Waals surface area (Å²) in [5.74, 6) is 0.838. The molecule has 9 nitrogen and oxygen atoms in total. The summed E-state index contributed by atoms with van der Waals surface area (Å²) in [5, 5.41) is 10.3. The van der Waals surface area contributed by atoms with Crippen LogP contribution in [0.3, 0.4) is 0 Å². The number of fused-ring (bicyclic) bond motifs is 1. The first-order valence-electron chi connectivity index (χ1n) is 9.11. The third kappa shape index (κ3) is 4.03. The smallest absolute Gasteiger partial charge is 0.258 e. The second-order valence-electron chi connectivity index (χ2n) is 6.75. The van der Waals surface area contributed by atoms with E-state index >= 15 is 0 Å². The van der Waals surface area contributed by atoms with E-state index in [4.69, 9.17) is 0 Å². The van der Waals surface area contributed by atoms with Gasteiger partial charge in [-0.05, 0) is 37.6 Å². The van der Waals surface area contributed by atoms with E-state index in [1.165, 1.54) is 6.20 Å². The highest BCUT2D eigenvalue weighted by molar-refractivity contribution is 6.03. The fraction of sp³-hybridized carbons (Fsp3) is 0.200. The van der Waals surface area contributed by atoms with Gasteiger partial charge >= 0.3 is 0 Å². The van der Waals surface area contributed by atoms with Gasteiger partial charge in [-0.1, -0.05) is 6.07 Å². The van der Waals surface area contributed by atoms with Gasteiger partial charge in [-0.25, -0.2) is 19.6 Å². The van der Waals surface area contributed by atoms with E-state index in [1.807, 2.05) is 33.0 Å². The van der Waals surface area contributed by atoms with Crippen molar-refractivity contribution in [2.24, 2.45) is 7.05 Å². The van der Waals surface area contributed by atoms with Crippen LogP contribution < -0.4 is 10.6 Å². The number of aryl methyl sites for hydroxylation is 2. The van der Waals surface area contributed by atoms with Crippen LogP contribution in [0.4, 0.5) is 11.6 Å². The molecule has 4 rings (SSSR count). The number of amides is 1. The number of carbonyl (C=O) groups is 1. The molecule has 0 aliphatic carbocycles. The van der Waals surface area contributed by atoms with E-state index in [0.29, 0.717) is 22.8 Å². The monoisotopic (exact) mass is 388 g/mol. The Labute approximate surface area is 167 Å². The predicted octanol–water partition coefficient (Wildman–Crippen LogP) is 2.89. The molecule has 0 unspecified atom stereocenters. The largest absolute Gasteiger partial charge is 0.361 e. The Morgan fingerprint density at radius 3 is 2.79 bits per heavy atom. The van der Waals surface area contributed by atoms with E-state index in [-0.39, 0.29) is 11.9 Å². The van der Waals surface area contributed by atoms with Crippen molar-refractivity contribution in [2.45, 2.75) is 19.9 Å². The summed E-state index contributed by atoms with van der Waals surface area (Å²) >= 11 is 0. The lowest BCUT2D eigenvalue weighted by Crippen LogP contribution is -2.15. The van der Waals surface area contributed by atoms with E-state index < -0.39 is 0 Å². The van der Waals surface area contributed by atoms with Crippen molar-refractivity contribution in [1.82, 2.24) is 29.7 Å². The number of pyridine rings is 2. The van der Waals surface area contributed by atoms with E-state index in [1.54, 1.807) is 35.4 Å². The zero-order chi connectivity index (χ0) is 20.4. The Hall–Kier alpha value is -3.88. The molecule has 4 heterocycles. The van der Waals surface area contributed by atoms with Crippen molar-refractivity contribution in [2.75, 3.05) is 10.6 Å². The summed E-state index contributed by atoms with van der Waals surface area (Å²) < 4.78 is 1.67. The SMILES string of the molecule is Cc1cncc(C(=O)Nc2cccc([C@H](C)Nc3cnc4cnn(C)c4n3)n2)c1. The molecule has 4 aromatic rings. The van der Waals surface area contributed by atoms with Crippen LogP contribution in [0.2, 0.25) is 0 Å². The molecule has 1 atom stereocenters. The van der Waals surface area contributed by atoms with Gasteiger partial charge in [-0.2, -0.15) is 5.10 Å². The molecular formula is C20H20N8O. The Kier molecular flexibility index (Phi) is 4.86. The number of aromatic nitrogens is 6. The fourth-order valence-corrected chi connectivity index (χ4v) is 2.91. The summed E-state index contributed by atoms with van der Waals surface area (Å²) in [5.41, 5.74) is 3.60. The highest BCUT2D eigenvalue weighted by atomic mass is 16.1. The van der Waals surface area contributed by atoms with Gasteiger partial charge in [0.1, 0.15) is 17.2 Å². The number of hydrogen-bond donors (Lipinski definition) is 2. The standard InChI is InChI=1S/C20H20N8O/c1-12-7-14(9-21-8-12)20(29)27-17-6-4-5-15(25-17)13(2)24-18-11-22-16-10-23-28(3)19(16)26-18/h4-11,13H,1-3H3,(H,24,26)(H,25,27,29)/t13-/m0/s1. The first-order chi connectivity index (χ1) is 14.0. The van der Waals surface area contributed by atoms with Crippen LogP contribution >= 0.6 is 0 Å². The topological polar surface area (TPSA) is 111 Å². The Morgan fingerprint density at radius 2 is 1.97 bits per heavy atom. The molecule has 0 radical (unpaired) electrons. The van der Waals surface area contributed by atoms with Crippen LogP contribution in [0.5, 0.6) is 0 Å². The molecule has 0 aliphatic heterocycles. The molecule has 0 saturated carbocycles. The predicted molar refractivity (Wildman–Crippen MR) is 110 cm³/mol. The summed E-state index contributed by atoms with van der Waals surface area (Å²) in [4.78, 5) is 29.9. The van der Waals surface area contributed by atoms with Crippen molar-refractivity contribution in [3.63, 3.8) is 0 Å². The van der Waals surface area contributed by atoms with Crippen LogP contribution in [0.1, 0.15) is 34.6 Å². The van der Waals surface area contributed by atoms with Crippen LogP contribution in [-0.2, 0) is 7.05 Å². The van der Waals surface area contributed by atoms with Gasteiger partial charge in [0, 0.05) is 19.4 Å². The zero-order valence-corrected chi connectivity index (χ0v) is 16.3. The second-order valence-corrected chi connectivity index (χ2v) is 6.75. The molecule has 1 amide bonds. The molecule has 0 bridgehead atoms. The average Bonchev–Trinajstić information content (AvgIpc) is 3.08. The zero-order valence-electron chi connectivity index (χ0n) is 16.3. The first kappa shape index (κ1) is 18.5. The normalized spacial score (nSPS) is 12.0. The van der Waals surface area contributed by atoms with Gasteiger partial charge < -0.3 is 10.6 Å². The number of nitrogens with zero attached hydrogens (tertiary/aromatic N) is 6. The highest BCUT2D eigenvalue weighted by Gasteiger charge is 2.12. The molecule has 0 spiro atoms. The molecule has 2 N–H and O–H groups in total. The highest BCUT2D eigenvalue weighted by Crippen LogP contribution is 2.19. The van der Waals surface area contributed by atoms with E-state index in [9.17, 15) is 4.79 Å². The summed E-state index contributed by atoms with van der Waals surface area (Å²) in [7, 11) is 1.82. The van der Waals surface area contributed by atoms with Gasteiger partial charge in [0.05, 0.1) is 29.7 Å². The Bertz CT molecular complexity index is 1190. The van der Waals surface area contributed by atoms with Crippen molar-refractivity contribution in [3.8, 4) is 0 Å². The molecule has 146 valence electrons. The molecule has 0 saturated heterocycles. The number of carbonyl (C=O) groups excluding carboxylic acids is 1. The van der Waals surface area contributed by atoms with Crippen molar-refractivity contribution < 1.29 is 4.79 Å². The van der Waals surface area contributed by atoms with Crippen molar-refractivity contribution >= 4 is 28.7 Å². The fourth-order valence-electron chi connectivity index (χ4n) is 2.91. The summed E-state index contributed by atoms with van der Waals surface area (Å²) in [6, 6.07) is 7.12. The summed E-state index contributed by atoms with van der Waals surface area (Å²) in [6.07, 6.45) is 6.57. The molecular weight excluding hydrogens is 368 g/mol. The van der Waals surface area contributed by atoms with Gasteiger partial charge in [-0.15, -0.1) is 0 Å². The Balaban J connectivity index is 1.49. The lowest BCUT2D eigenvalue weighted by molar-refractivity contribution is 0.102. The van der Waals surface area contributed by atoms with Crippen LogP contribution in [0.15, 0.2) is 49.1 Å². The van der Waals surface area contributed by atoms with Crippen LogP contribution in [0.25, 0.3) is 11.2 Å². The van der Waals surface area contributed by atoms with Crippen LogP contribution in [-0.4, -0.2) is 35.6 Å². The quantitative estimate of drug-likeness (QED) is 0.541. The number of anilines is 2. The molecule has 4 aromatic heterocycles. The third-order valence-electron chi connectivity index (χ3n) is 4.40. The van der Waals surface area contributed by atoms with Crippen molar-refractivity contribution in [3.05, 3.63) is 65.9 Å². The van der Waals surface area contributed by atoms with E-state index in [2.05, 4.69) is 35.7 Å². The average molecular weight is 388 g/mol. The lowest BCUT2D eigenvalue weighted by atomic mass is 10.2. The first-order valence-corrected chi connectivity index (χ1v) is 9.11. The molecule has 0 fully saturated rings. The minimum atomic E-state index is -0.251. The molecule has 9 heteroatoms. The van der Waals surface area contributed by atoms with Gasteiger partial charge in [-0.3, -0.25) is 9.78 Å². The van der Waals surface area contributed by atoms with Gasteiger partial charge in [0.15, 0.2) is 5.65 Å². The maximum absolute atomic E-state index is 12.4. The van der Waals surface area contributed by atoms with Crippen molar-refractivity contribution in [1.29, 1.82) is 0 Å². The molecule has 0 aromatic carbocycles. The maximum atomic E-state index is 12.4. The number of hydrogen-bond acceptors (Lipinski definition) is 7. The van der Waals surface area contributed by atoms with Gasteiger partial charge in [0.2, 0.25) is 0 Å². The number of rotatable bonds is 5. The van der Waals surface area contributed by atoms with Crippen LogP contribution in [0, 0.1) is 6.92 Å². The third-order valence-corrected chi connectivity index (χ3v) is 4.40. The van der Waals surface area contributed by atoms with Gasteiger partial charge in [0.25, 0.3) is 5.91 Å². The minimum absolute atomic E-state index is 0.146. The Morgan fingerprint density at radius 1 is 1.10 bits per heavy atom. The lowest BCUT2D eigenvalue weighted by Gasteiger charge is -2.15.